The minimum Gasteiger partial charge on any atom is -0.354 e. The number of amides is 1. The molecule has 2 fully saturated rings. The van der Waals surface area contributed by atoms with Gasteiger partial charge in [0.1, 0.15) is 0 Å². The van der Waals surface area contributed by atoms with Gasteiger partial charge in [-0.2, -0.15) is 0 Å². The molecule has 3 nitrogen and oxygen atoms in total. The molecule has 0 radical (unpaired) electrons. The van der Waals surface area contributed by atoms with E-state index < -0.39 is 0 Å². The number of carbonyl (C=O) groups excluding carboxylic acids is 1. The Balaban J connectivity index is 1.63. The van der Waals surface area contributed by atoms with E-state index in [-0.39, 0.29) is 11.3 Å². The highest BCUT2D eigenvalue weighted by Crippen LogP contribution is 2.48. The van der Waals surface area contributed by atoms with Crippen molar-refractivity contribution in [3.8, 4) is 0 Å². The van der Waals surface area contributed by atoms with Crippen molar-refractivity contribution in [2.45, 2.75) is 37.1 Å². The monoisotopic (exact) mass is 278 g/mol. The van der Waals surface area contributed by atoms with E-state index >= 15 is 0 Å². The average Bonchev–Trinajstić information content (AvgIpc) is 3.07. The molecule has 1 atom stereocenters. The second-order valence-corrected chi connectivity index (χ2v) is 6.03. The molecule has 1 aromatic rings. The van der Waals surface area contributed by atoms with Crippen molar-refractivity contribution in [1.82, 2.24) is 10.6 Å². The van der Waals surface area contributed by atoms with Crippen LogP contribution in [0, 0.1) is 0 Å². The Labute approximate surface area is 118 Å². The molecule has 1 unspecified atom stereocenters. The van der Waals surface area contributed by atoms with Crippen LogP contribution in [0.3, 0.4) is 0 Å². The highest BCUT2D eigenvalue weighted by Gasteiger charge is 2.51. The number of halogens is 1. The van der Waals surface area contributed by atoms with Gasteiger partial charge < -0.3 is 10.6 Å². The van der Waals surface area contributed by atoms with Crippen molar-refractivity contribution in [3.63, 3.8) is 0 Å². The zero-order valence-electron chi connectivity index (χ0n) is 10.9. The summed E-state index contributed by atoms with van der Waals surface area (Å²) in [6.45, 7) is 1.82. The fraction of sp³-hybridized carbons (Fsp3) is 0.533. The van der Waals surface area contributed by atoms with Gasteiger partial charge in [-0.3, -0.25) is 4.79 Å². The molecule has 0 aromatic heterocycles. The van der Waals surface area contributed by atoms with Crippen molar-refractivity contribution in [1.29, 1.82) is 0 Å². The Morgan fingerprint density at radius 2 is 2.11 bits per heavy atom. The Bertz CT molecular complexity index is 462. The molecule has 1 aliphatic heterocycles. The number of benzene rings is 1. The molecule has 4 heteroatoms. The van der Waals surface area contributed by atoms with Crippen molar-refractivity contribution in [2.24, 2.45) is 0 Å². The molecular formula is C15H19ClN2O. The molecule has 1 heterocycles. The molecule has 1 amide bonds. The van der Waals surface area contributed by atoms with E-state index in [1.807, 2.05) is 24.3 Å². The topological polar surface area (TPSA) is 41.1 Å². The predicted octanol–water partition coefficient (Wildman–Crippen LogP) is 2.24. The van der Waals surface area contributed by atoms with E-state index in [1.54, 1.807) is 0 Å². The predicted molar refractivity (Wildman–Crippen MR) is 76.4 cm³/mol. The average molecular weight is 279 g/mol. The van der Waals surface area contributed by atoms with Crippen LogP contribution < -0.4 is 10.6 Å². The maximum atomic E-state index is 12.4. The SMILES string of the molecule is O=C(NCC1CCCN1)C1(c2ccc(Cl)cc2)CC1. The number of hydrogen-bond acceptors (Lipinski definition) is 2. The highest BCUT2D eigenvalue weighted by molar-refractivity contribution is 6.30. The molecule has 1 aliphatic carbocycles. The molecule has 2 aliphatic rings. The van der Waals surface area contributed by atoms with Crippen molar-refractivity contribution >= 4 is 17.5 Å². The van der Waals surface area contributed by atoms with E-state index in [9.17, 15) is 4.79 Å². The number of hydrogen-bond donors (Lipinski definition) is 2. The molecular weight excluding hydrogens is 260 g/mol. The summed E-state index contributed by atoms with van der Waals surface area (Å²) in [5, 5.41) is 7.22. The van der Waals surface area contributed by atoms with Crippen LogP contribution in [-0.4, -0.2) is 25.0 Å². The van der Waals surface area contributed by atoms with Gasteiger partial charge in [-0.1, -0.05) is 23.7 Å². The first kappa shape index (κ1) is 12.9. The lowest BCUT2D eigenvalue weighted by Crippen LogP contribution is -2.42. The minimum absolute atomic E-state index is 0.170. The van der Waals surface area contributed by atoms with Crippen molar-refractivity contribution in [3.05, 3.63) is 34.9 Å². The Kier molecular flexibility index (Phi) is 3.50. The summed E-state index contributed by atoms with van der Waals surface area (Å²) in [6.07, 6.45) is 4.26. The first-order chi connectivity index (χ1) is 9.21. The van der Waals surface area contributed by atoms with Crippen LogP contribution >= 0.6 is 11.6 Å². The number of carbonyl (C=O) groups is 1. The van der Waals surface area contributed by atoms with E-state index in [0.717, 1.165) is 42.9 Å². The van der Waals surface area contributed by atoms with Gasteiger partial charge in [0.2, 0.25) is 5.91 Å². The second kappa shape index (κ2) is 5.14. The third kappa shape index (κ3) is 2.63. The van der Waals surface area contributed by atoms with Crippen molar-refractivity contribution < 1.29 is 4.79 Å². The summed E-state index contributed by atoms with van der Waals surface area (Å²) < 4.78 is 0. The van der Waals surface area contributed by atoms with Gasteiger partial charge in [0.05, 0.1) is 5.41 Å². The second-order valence-electron chi connectivity index (χ2n) is 5.59. The zero-order chi connectivity index (χ0) is 13.3. The summed E-state index contributed by atoms with van der Waals surface area (Å²) in [5.74, 6) is 0.170. The molecule has 1 saturated heterocycles. The maximum Gasteiger partial charge on any atom is 0.230 e. The van der Waals surface area contributed by atoms with E-state index in [0.29, 0.717) is 6.04 Å². The third-order valence-electron chi connectivity index (χ3n) is 4.25. The van der Waals surface area contributed by atoms with Crippen LogP contribution in [0.25, 0.3) is 0 Å². The smallest absolute Gasteiger partial charge is 0.230 e. The van der Waals surface area contributed by atoms with Gasteiger partial charge in [-0.25, -0.2) is 0 Å². The van der Waals surface area contributed by atoms with E-state index in [4.69, 9.17) is 11.6 Å². The van der Waals surface area contributed by atoms with Gasteiger partial charge in [-0.15, -0.1) is 0 Å². The molecule has 1 saturated carbocycles. The summed E-state index contributed by atoms with van der Waals surface area (Å²) in [7, 11) is 0. The largest absolute Gasteiger partial charge is 0.354 e. The standard InChI is InChI=1S/C15H19ClN2O/c16-12-5-3-11(4-6-12)15(7-8-15)14(19)18-10-13-2-1-9-17-13/h3-6,13,17H,1-2,7-10H2,(H,18,19). The highest BCUT2D eigenvalue weighted by atomic mass is 35.5. The zero-order valence-corrected chi connectivity index (χ0v) is 11.7. The molecule has 2 N–H and O–H groups in total. The van der Waals surface area contributed by atoms with Gasteiger partial charge >= 0.3 is 0 Å². The summed E-state index contributed by atoms with van der Waals surface area (Å²) in [6, 6.07) is 8.13. The van der Waals surface area contributed by atoms with E-state index in [2.05, 4.69) is 10.6 Å². The van der Waals surface area contributed by atoms with Gasteiger partial charge in [0.25, 0.3) is 0 Å². The Hall–Kier alpha value is -1.06. The normalized spacial score (nSPS) is 24.2. The van der Waals surface area contributed by atoms with Crippen LogP contribution in [0.1, 0.15) is 31.2 Å². The lowest BCUT2D eigenvalue weighted by molar-refractivity contribution is -0.123. The lowest BCUT2D eigenvalue weighted by atomic mass is 9.95. The minimum atomic E-state index is -0.288. The Morgan fingerprint density at radius 3 is 2.68 bits per heavy atom. The molecule has 0 spiro atoms. The number of nitrogens with one attached hydrogen (secondary N) is 2. The van der Waals surface area contributed by atoms with Crippen LogP contribution in [0.2, 0.25) is 5.02 Å². The maximum absolute atomic E-state index is 12.4. The van der Waals surface area contributed by atoms with E-state index in [1.165, 1.54) is 6.42 Å². The molecule has 3 rings (SSSR count). The quantitative estimate of drug-likeness (QED) is 0.887. The summed E-state index contributed by atoms with van der Waals surface area (Å²) in [5.41, 5.74) is 0.803. The van der Waals surface area contributed by atoms with Crippen molar-refractivity contribution in [2.75, 3.05) is 13.1 Å². The first-order valence-electron chi connectivity index (χ1n) is 6.98. The molecule has 102 valence electrons. The van der Waals surface area contributed by atoms with Gasteiger partial charge in [-0.05, 0) is 49.9 Å². The fourth-order valence-corrected chi connectivity index (χ4v) is 2.98. The summed E-state index contributed by atoms with van der Waals surface area (Å²) in [4.78, 5) is 12.4. The molecule has 19 heavy (non-hydrogen) atoms. The van der Waals surface area contributed by atoms with Crippen LogP contribution in [0.4, 0.5) is 0 Å². The van der Waals surface area contributed by atoms with Gasteiger partial charge in [0, 0.05) is 17.6 Å². The molecule has 1 aromatic carbocycles. The summed E-state index contributed by atoms with van der Waals surface area (Å²) >= 11 is 5.90. The molecule has 0 bridgehead atoms. The Morgan fingerprint density at radius 1 is 1.37 bits per heavy atom. The lowest BCUT2D eigenvalue weighted by Gasteiger charge is -2.18. The van der Waals surface area contributed by atoms with Crippen LogP contribution in [0.15, 0.2) is 24.3 Å². The van der Waals surface area contributed by atoms with Gasteiger partial charge in [0.15, 0.2) is 0 Å². The third-order valence-corrected chi connectivity index (χ3v) is 4.50. The van der Waals surface area contributed by atoms with Crippen LogP contribution in [-0.2, 0) is 10.2 Å². The number of rotatable bonds is 4. The first-order valence-corrected chi connectivity index (χ1v) is 7.36. The van der Waals surface area contributed by atoms with Crippen LogP contribution in [0.5, 0.6) is 0 Å². The fourth-order valence-electron chi connectivity index (χ4n) is 2.86.